The van der Waals surface area contributed by atoms with Gasteiger partial charge in [-0.2, -0.15) is 0 Å². The lowest BCUT2D eigenvalue weighted by Crippen LogP contribution is -1.99. The predicted molar refractivity (Wildman–Crippen MR) is 82.6 cm³/mol. The van der Waals surface area contributed by atoms with Crippen LogP contribution in [-0.4, -0.2) is 24.4 Å². The van der Waals surface area contributed by atoms with E-state index >= 15 is 0 Å². The molecule has 1 N–H and O–H groups in total. The van der Waals surface area contributed by atoms with E-state index in [1.165, 1.54) is 7.11 Å². The number of rotatable bonds is 3. The summed E-state index contributed by atoms with van der Waals surface area (Å²) in [6, 6.07) is 10.6. The molecule has 0 spiro atoms. The molecule has 0 amide bonds. The number of aliphatic imine (C=N–C) groups is 1. The van der Waals surface area contributed by atoms with E-state index in [0.717, 1.165) is 22.4 Å². The average molecular weight is 283 g/mol. The number of aromatic hydroxyl groups is 1. The molecule has 0 fully saturated rings. The van der Waals surface area contributed by atoms with Crippen LogP contribution in [0.1, 0.15) is 27.0 Å². The predicted octanol–water partition coefficient (Wildman–Crippen LogP) is 3.55. The number of nitrogens with zero attached hydrogens (tertiary/aromatic N) is 1. The highest BCUT2D eigenvalue weighted by Gasteiger charge is 2.04. The van der Waals surface area contributed by atoms with E-state index in [2.05, 4.69) is 9.73 Å². The van der Waals surface area contributed by atoms with Crippen LogP contribution in [0.25, 0.3) is 0 Å². The highest BCUT2D eigenvalue weighted by atomic mass is 16.5. The first kappa shape index (κ1) is 14.8. The molecule has 0 atom stereocenters. The van der Waals surface area contributed by atoms with Crippen molar-refractivity contribution in [2.24, 2.45) is 4.99 Å². The van der Waals surface area contributed by atoms with Gasteiger partial charge in [0.15, 0.2) is 0 Å². The van der Waals surface area contributed by atoms with Gasteiger partial charge in [0.2, 0.25) is 0 Å². The second-order valence-corrected chi connectivity index (χ2v) is 4.80. The van der Waals surface area contributed by atoms with E-state index < -0.39 is 0 Å². The quantitative estimate of drug-likeness (QED) is 0.692. The molecule has 2 rings (SSSR count). The normalized spacial score (nSPS) is 10.8. The molecule has 0 aliphatic carbocycles. The molecule has 4 nitrogen and oxygen atoms in total. The number of hydrogen-bond donors (Lipinski definition) is 1. The van der Waals surface area contributed by atoms with E-state index in [0.29, 0.717) is 11.3 Å². The SMILES string of the molecule is COC(=O)c1ccc(N=Cc2cc(C)c(O)c(C)c2)cc1. The largest absolute Gasteiger partial charge is 0.507 e. The van der Waals surface area contributed by atoms with Crippen molar-refractivity contribution < 1.29 is 14.6 Å². The van der Waals surface area contributed by atoms with Crippen LogP contribution in [0.15, 0.2) is 41.4 Å². The van der Waals surface area contributed by atoms with Gasteiger partial charge < -0.3 is 9.84 Å². The number of carbonyl (C=O) groups excluding carboxylic acids is 1. The second kappa shape index (κ2) is 6.22. The number of benzene rings is 2. The third kappa shape index (κ3) is 3.48. The molecule has 0 aliphatic heterocycles. The van der Waals surface area contributed by atoms with Crippen LogP contribution >= 0.6 is 0 Å². The summed E-state index contributed by atoms with van der Waals surface area (Å²) in [6.07, 6.45) is 1.73. The fraction of sp³-hybridized carbons (Fsp3) is 0.176. The lowest BCUT2D eigenvalue weighted by atomic mass is 10.1. The summed E-state index contributed by atoms with van der Waals surface area (Å²) in [6.45, 7) is 3.70. The van der Waals surface area contributed by atoms with Crippen molar-refractivity contribution in [1.82, 2.24) is 0 Å². The van der Waals surface area contributed by atoms with Crippen LogP contribution in [0.2, 0.25) is 0 Å². The van der Waals surface area contributed by atoms with Gasteiger partial charge >= 0.3 is 5.97 Å². The Morgan fingerprint density at radius 2 is 1.71 bits per heavy atom. The molecule has 0 radical (unpaired) electrons. The highest BCUT2D eigenvalue weighted by Crippen LogP contribution is 2.22. The number of hydrogen-bond acceptors (Lipinski definition) is 4. The van der Waals surface area contributed by atoms with Gasteiger partial charge in [-0.25, -0.2) is 4.79 Å². The lowest BCUT2D eigenvalue weighted by molar-refractivity contribution is 0.0601. The Balaban J connectivity index is 2.20. The molecule has 108 valence electrons. The Morgan fingerprint density at radius 3 is 2.24 bits per heavy atom. The van der Waals surface area contributed by atoms with Crippen molar-refractivity contribution in [2.45, 2.75) is 13.8 Å². The van der Waals surface area contributed by atoms with Crippen LogP contribution in [0.3, 0.4) is 0 Å². The Hall–Kier alpha value is -2.62. The third-order valence-corrected chi connectivity index (χ3v) is 3.16. The summed E-state index contributed by atoms with van der Waals surface area (Å²) in [5, 5.41) is 9.73. The number of ether oxygens (including phenoxy) is 1. The van der Waals surface area contributed by atoms with Gasteiger partial charge in [0.25, 0.3) is 0 Å². The number of methoxy groups -OCH3 is 1. The van der Waals surface area contributed by atoms with Crippen LogP contribution in [0.5, 0.6) is 5.75 Å². The number of esters is 1. The Kier molecular flexibility index (Phi) is 4.38. The summed E-state index contributed by atoms with van der Waals surface area (Å²) >= 11 is 0. The van der Waals surface area contributed by atoms with E-state index in [-0.39, 0.29) is 5.97 Å². The fourth-order valence-corrected chi connectivity index (χ4v) is 2.01. The zero-order valence-electron chi connectivity index (χ0n) is 12.3. The Labute approximate surface area is 123 Å². The van der Waals surface area contributed by atoms with E-state index in [1.54, 1.807) is 30.5 Å². The zero-order chi connectivity index (χ0) is 15.4. The number of aryl methyl sites for hydroxylation is 2. The first-order valence-corrected chi connectivity index (χ1v) is 6.54. The standard InChI is InChI=1S/C17H17NO3/c1-11-8-13(9-12(2)16(11)19)10-18-15-6-4-14(5-7-15)17(20)21-3/h4-10,19H,1-3H3. The topological polar surface area (TPSA) is 58.9 Å². The molecule has 0 bridgehead atoms. The van der Waals surface area contributed by atoms with Crippen molar-refractivity contribution in [2.75, 3.05) is 7.11 Å². The second-order valence-electron chi connectivity index (χ2n) is 4.80. The van der Waals surface area contributed by atoms with Gasteiger partial charge in [-0.05, 0) is 66.9 Å². The fourth-order valence-electron chi connectivity index (χ4n) is 2.01. The monoisotopic (exact) mass is 283 g/mol. The highest BCUT2D eigenvalue weighted by molar-refractivity contribution is 5.90. The van der Waals surface area contributed by atoms with Gasteiger partial charge in [0.05, 0.1) is 18.4 Å². The van der Waals surface area contributed by atoms with E-state index in [4.69, 9.17) is 0 Å². The first-order valence-electron chi connectivity index (χ1n) is 6.54. The van der Waals surface area contributed by atoms with Gasteiger partial charge in [-0.15, -0.1) is 0 Å². The molecule has 0 heterocycles. The molecule has 0 saturated carbocycles. The van der Waals surface area contributed by atoms with Crippen molar-refractivity contribution in [3.63, 3.8) is 0 Å². The molecular formula is C17H17NO3. The maximum atomic E-state index is 11.3. The molecule has 0 aliphatic rings. The Bertz CT molecular complexity index is 665. The van der Waals surface area contributed by atoms with E-state index in [9.17, 15) is 9.90 Å². The van der Waals surface area contributed by atoms with Gasteiger partial charge in [-0.1, -0.05) is 0 Å². The molecule has 21 heavy (non-hydrogen) atoms. The maximum Gasteiger partial charge on any atom is 0.337 e. The van der Waals surface area contributed by atoms with Gasteiger partial charge in [0, 0.05) is 6.21 Å². The van der Waals surface area contributed by atoms with Gasteiger partial charge in [-0.3, -0.25) is 4.99 Å². The third-order valence-electron chi connectivity index (χ3n) is 3.16. The molecule has 2 aromatic rings. The smallest absolute Gasteiger partial charge is 0.337 e. The number of phenolic OH excluding ortho intramolecular Hbond substituents is 1. The zero-order valence-corrected chi connectivity index (χ0v) is 12.3. The van der Waals surface area contributed by atoms with E-state index in [1.807, 2.05) is 26.0 Å². The minimum atomic E-state index is -0.365. The van der Waals surface area contributed by atoms with Crippen LogP contribution in [0, 0.1) is 13.8 Å². The minimum Gasteiger partial charge on any atom is -0.507 e. The summed E-state index contributed by atoms with van der Waals surface area (Å²) in [5.74, 6) is -0.0510. The number of phenols is 1. The summed E-state index contributed by atoms with van der Waals surface area (Å²) in [5.41, 5.74) is 3.79. The maximum absolute atomic E-state index is 11.3. The molecular weight excluding hydrogens is 266 g/mol. The number of carbonyl (C=O) groups is 1. The first-order chi connectivity index (χ1) is 10.0. The van der Waals surface area contributed by atoms with Crippen molar-refractivity contribution in [1.29, 1.82) is 0 Å². The average Bonchev–Trinajstić information content (AvgIpc) is 2.50. The summed E-state index contributed by atoms with van der Waals surface area (Å²) in [7, 11) is 1.35. The minimum absolute atomic E-state index is 0.314. The van der Waals surface area contributed by atoms with Gasteiger partial charge in [0.1, 0.15) is 5.75 Å². The van der Waals surface area contributed by atoms with Crippen LogP contribution < -0.4 is 0 Å². The molecule has 0 saturated heterocycles. The lowest BCUT2D eigenvalue weighted by Gasteiger charge is -2.04. The summed E-state index contributed by atoms with van der Waals surface area (Å²) in [4.78, 5) is 15.7. The molecule has 4 heteroatoms. The van der Waals surface area contributed by atoms with Crippen molar-refractivity contribution >= 4 is 17.9 Å². The molecule has 0 aromatic heterocycles. The van der Waals surface area contributed by atoms with Crippen molar-refractivity contribution in [3.05, 3.63) is 58.7 Å². The van der Waals surface area contributed by atoms with Crippen molar-refractivity contribution in [3.8, 4) is 5.75 Å². The van der Waals surface area contributed by atoms with Crippen LogP contribution in [-0.2, 0) is 4.74 Å². The Morgan fingerprint density at radius 1 is 1.14 bits per heavy atom. The summed E-state index contributed by atoms with van der Waals surface area (Å²) < 4.78 is 4.64. The van der Waals surface area contributed by atoms with Crippen LogP contribution in [0.4, 0.5) is 5.69 Å². The molecule has 2 aromatic carbocycles. The molecule has 0 unspecified atom stereocenters.